The van der Waals surface area contributed by atoms with Crippen LogP contribution in [-0.2, 0) is 9.59 Å². The molecule has 0 saturated carbocycles. The lowest BCUT2D eigenvalue weighted by molar-refractivity contribution is -0.173. The van der Waals surface area contributed by atoms with Gasteiger partial charge in [0, 0.05) is 12.6 Å². The zero-order valence-electron chi connectivity index (χ0n) is 10.4. The summed E-state index contributed by atoms with van der Waals surface area (Å²) in [6, 6.07) is -0.0795. The summed E-state index contributed by atoms with van der Waals surface area (Å²) in [6.07, 6.45) is 2.47. The molecular formula is C12H20N2O3. The molecule has 3 fully saturated rings. The Morgan fingerprint density at radius 1 is 1.47 bits per heavy atom. The first kappa shape index (κ1) is 12.4. The van der Waals surface area contributed by atoms with Gasteiger partial charge in [-0.05, 0) is 45.7 Å². The van der Waals surface area contributed by atoms with Crippen LogP contribution in [0, 0.1) is 5.92 Å². The predicted octanol–water partition coefficient (Wildman–Crippen LogP) is 0.402. The number of piperidine rings is 3. The van der Waals surface area contributed by atoms with Crippen molar-refractivity contribution >= 4 is 12.4 Å². The van der Waals surface area contributed by atoms with Crippen molar-refractivity contribution in [3.05, 3.63) is 0 Å². The average molecular weight is 240 g/mol. The van der Waals surface area contributed by atoms with Gasteiger partial charge in [-0.2, -0.15) is 0 Å². The van der Waals surface area contributed by atoms with Crippen LogP contribution in [0.4, 0.5) is 0 Å². The lowest BCUT2D eigenvalue weighted by Crippen LogP contribution is -2.71. The van der Waals surface area contributed by atoms with Crippen LogP contribution >= 0.6 is 0 Å². The predicted molar refractivity (Wildman–Crippen MR) is 62.6 cm³/mol. The van der Waals surface area contributed by atoms with Gasteiger partial charge in [-0.3, -0.25) is 4.79 Å². The van der Waals surface area contributed by atoms with Crippen molar-refractivity contribution in [2.24, 2.45) is 5.92 Å². The van der Waals surface area contributed by atoms with Crippen molar-refractivity contribution in [3.8, 4) is 0 Å². The Labute approximate surface area is 101 Å². The molecule has 3 saturated heterocycles. The molecule has 1 unspecified atom stereocenters. The minimum atomic E-state index is -1.01. The largest absolute Gasteiger partial charge is 0.479 e. The van der Waals surface area contributed by atoms with Gasteiger partial charge in [0.15, 0.2) is 5.54 Å². The van der Waals surface area contributed by atoms with Crippen molar-refractivity contribution in [3.63, 3.8) is 0 Å². The zero-order chi connectivity index (χ0) is 12.6. The smallest absolute Gasteiger partial charge is 0.331 e. The van der Waals surface area contributed by atoms with E-state index >= 15 is 0 Å². The van der Waals surface area contributed by atoms with E-state index in [1.807, 2.05) is 13.8 Å². The standard InChI is InChI=1S/C12H20N2O3/c1-9(2)14(8-15)12(11(16)17)7-13-5-3-10(12)4-6-13/h8-10H,3-7H2,1-2H3,(H,16,17). The Bertz CT molecular complexity index is 324. The quantitative estimate of drug-likeness (QED) is 0.723. The lowest BCUT2D eigenvalue weighted by atomic mass is 9.71. The van der Waals surface area contributed by atoms with E-state index in [2.05, 4.69) is 4.90 Å². The summed E-state index contributed by atoms with van der Waals surface area (Å²) in [5.41, 5.74) is -1.01. The summed E-state index contributed by atoms with van der Waals surface area (Å²) in [5, 5.41) is 9.63. The third-order valence-corrected chi connectivity index (χ3v) is 4.23. The second-order valence-corrected chi connectivity index (χ2v) is 5.39. The molecule has 0 aromatic carbocycles. The number of carbonyl (C=O) groups is 2. The van der Waals surface area contributed by atoms with Crippen molar-refractivity contribution < 1.29 is 14.7 Å². The molecule has 5 nitrogen and oxygen atoms in total. The molecule has 5 heteroatoms. The van der Waals surface area contributed by atoms with Gasteiger partial charge in [-0.25, -0.2) is 4.79 Å². The van der Waals surface area contributed by atoms with Crippen LogP contribution in [0.25, 0.3) is 0 Å². The van der Waals surface area contributed by atoms with Crippen LogP contribution in [0.15, 0.2) is 0 Å². The molecule has 0 aliphatic carbocycles. The molecule has 3 aliphatic rings. The topological polar surface area (TPSA) is 60.9 Å². The highest BCUT2D eigenvalue weighted by Gasteiger charge is 2.56. The summed E-state index contributed by atoms with van der Waals surface area (Å²) < 4.78 is 0. The first-order chi connectivity index (χ1) is 8.02. The maximum Gasteiger partial charge on any atom is 0.331 e. The van der Waals surface area contributed by atoms with E-state index in [0.717, 1.165) is 25.9 Å². The van der Waals surface area contributed by atoms with Gasteiger partial charge in [0.25, 0.3) is 0 Å². The van der Waals surface area contributed by atoms with E-state index in [4.69, 9.17) is 0 Å². The van der Waals surface area contributed by atoms with Gasteiger partial charge in [0.1, 0.15) is 0 Å². The van der Waals surface area contributed by atoms with Crippen LogP contribution in [-0.4, -0.2) is 58.5 Å². The van der Waals surface area contributed by atoms with Crippen molar-refractivity contribution in [2.75, 3.05) is 19.6 Å². The number of hydrogen-bond acceptors (Lipinski definition) is 3. The fourth-order valence-corrected chi connectivity index (χ4v) is 3.36. The third kappa shape index (κ3) is 1.73. The number of aliphatic carboxylic acids is 1. The molecule has 0 aromatic heterocycles. The molecule has 0 radical (unpaired) electrons. The van der Waals surface area contributed by atoms with Crippen molar-refractivity contribution in [1.82, 2.24) is 9.80 Å². The number of rotatable bonds is 4. The Kier molecular flexibility index (Phi) is 3.12. The summed E-state index contributed by atoms with van der Waals surface area (Å²) in [7, 11) is 0. The Morgan fingerprint density at radius 2 is 2.06 bits per heavy atom. The fraction of sp³-hybridized carbons (Fsp3) is 0.833. The number of amides is 1. The maximum absolute atomic E-state index is 11.7. The Balaban J connectivity index is 2.39. The van der Waals surface area contributed by atoms with Crippen molar-refractivity contribution in [2.45, 2.75) is 38.3 Å². The van der Waals surface area contributed by atoms with Crippen LogP contribution in [0.5, 0.6) is 0 Å². The number of nitrogens with zero attached hydrogens (tertiary/aromatic N) is 2. The molecule has 2 bridgehead atoms. The maximum atomic E-state index is 11.7. The molecule has 3 heterocycles. The highest BCUT2D eigenvalue weighted by molar-refractivity contribution is 5.83. The molecule has 1 N–H and O–H groups in total. The first-order valence-corrected chi connectivity index (χ1v) is 6.22. The monoisotopic (exact) mass is 240 g/mol. The first-order valence-electron chi connectivity index (χ1n) is 6.22. The lowest BCUT2D eigenvalue weighted by Gasteiger charge is -2.55. The molecule has 0 spiro atoms. The summed E-state index contributed by atoms with van der Waals surface area (Å²) >= 11 is 0. The fourth-order valence-electron chi connectivity index (χ4n) is 3.36. The number of carboxylic acids is 1. The molecule has 96 valence electrons. The number of carboxylic acid groups (broad SMARTS) is 1. The SMILES string of the molecule is CC(C)N(C=O)C1(C(=O)O)CN2CCC1CC2. The second-order valence-electron chi connectivity index (χ2n) is 5.39. The molecule has 3 rings (SSSR count). The van der Waals surface area contributed by atoms with Gasteiger partial charge in [0.05, 0.1) is 0 Å². The normalized spacial score (nSPS) is 35.9. The summed E-state index contributed by atoms with van der Waals surface area (Å²) in [6.45, 7) is 6.15. The van der Waals surface area contributed by atoms with Gasteiger partial charge in [-0.1, -0.05) is 0 Å². The summed E-state index contributed by atoms with van der Waals surface area (Å²) in [4.78, 5) is 26.7. The second kappa shape index (κ2) is 4.29. The van der Waals surface area contributed by atoms with Crippen molar-refractivity contribution in [1.29, 1.82) is 0 Å². The van der Waals surface area contributed by atoms with E-state index in [1.54, 1.807) is 0 Å². The van der Waals surface area contributed by atoms with E-state index in [-0.39, 0.29) is 12.0 Å². The van der Waals surface area contributed by atoms with Crippen LogP contribution < -0.4 is 0 Å². The minimum absolute atomic E-state index is 0.0795. The van der Waals surface area contributed by atoms with Crippen LogP contribution in [0.1, 0.15) is 26.7 Å². The van der Waals surface area contributed by atoms with Gasteiger partial charge in [-0.15, -0.1) is 0 Å². The third-order valence-electron chi connectivity index (χ3n) is 4.23. The van der Waals surface area contributed by atoms with E-state index in [0.29, 0.717) is 13.0 Å². The molecule has 1 amide bonds. The van der Waals surface area contributed by atoms with Gasteiger partial charge < -0.3 is 14.9 Å². The summed E-state index contributed by atoms with van der Waals surface area (Å²) in [5.74, 6) is -0.759. The highest BCUT2D eigenvalue weighted by atomic mass is 16.4. The van der Waals surface area contributed by atoms with E-state index in [9.17, 15) is 14.7 Å². The molecule has 3 aliphatic heterocycles. The van der Waals surface area contributed by atoms with Gasteiger partial charge >= 0.3 is 5.97 Å². The average Bonchev–Trinajstić information content (AvgIpc) is 2.30. The Hall–Kier alpha value is -1.10. The zero-order valence-corrected chi connectivity index (χ0v) is 10.4. The number of hydrogen-bond donors (Lipinski definition) is 1. The number of fused-ring (bicyclic) bond motifs is 3. The van der Waals surface area contributed by atoms with Crippen LogP contribution in [0.2, 0.25) is 0 Å². The minimum Gasteiger partial charge on any atom is -0.479 e. The molecule has 0 aromatic rings. The van der Waals surface area contributed by atoms with E-state index in [1.165, 1.54) is 4.90 Å². The number of carbonyl (C=O) groups excluding carboxylic acids is 1. The Morgan fingerprint density at radius 3 is 2.35 bits per heavy atom. The highest BCUT2D eigenvalue weighted by Crippen LogP contribution is 2.40. The van der Waals surface area contributed by atoms with Gasteiger partial charge in [0.2, 0.25) is 6.41 Å². The van der Waals surface area contributed by atoms with Crippen LogP contribution in [0.3, 0.4) is 0 Å². The molecule has 17 heavy (non-hydrogen) atoms. The van der Waals surface area contributed by atoms with E-state index < -0.39 is 11.5 Å². The molecular weight excluding hydrogens is 220 g/mol. The molecule has 1 atom stereocenters.